The maximum Gasteiger partial charge on any atom is 0.169 e. The number of nitrogens with one attached hydrogen (secondary N) is 1. The smallest absolute Gasteiger partial charge is 0.169 e. The molecule has 0 fully saturated rings. The summed E-state index contributed by atoms with van der Waals surface area (Å²) in [4.78, 5) is 10.5. The summed E-state index contributed by atoms with van der Waals surface area (Å²) >= 11 is 0. The molecule has 10 aromatic rings. The summed E-state index contributed by atoms with van der Waals surface area (Å²) < 4.78 is 6.52. The van der Waals surface area contributed by atoms with Crippen LogP contribution in [0.5, 0.6) is 0 Å². The van der Waals surface area contributed by atoms with Gasteiger partial charge in [0.1, 0.15) is 22.8 Å². The van der Waals surface area contributed by atoms with Gasteiger partial charge in [0.05, 0.1) is 0 Å². The Morgan fingerprint density at radius 1 is 0.364 bits per heavy atom. The number of furan rings is 1. The zero-order chi connectivity index (χ0) is 36.3. The Morgan fingerprint density at radius 2 is 0.945 bits per heavy atom. The Hall–Kier alpha value is -7.30. The van der Waals surface area contributed by atoms with Gasteiger partial charge in [-0.1, -0.05) is 158 Å². The number of rotatable bonds is 5. The van der Waals surface area contributed by atoms with Crippen LogP contribution in [0, 0.1) is 0 Å². The fraction of sp³-hybridized carbons (Fsp3) is 0.0196. The van der Waals surface area contributed by atoms with Gasteiger partial charge in [0.2, 0.25) is 0 Å². The normalized spacial score (nSPS) is 14.4. The first-order valence-corrected chi connectivity index (χ1v) is 18.7. The average Bonchev–Trinajstić information content (AvgIpc) is 3.65. The summed E-state index contributed by atoms with van der Waals surface area (Å²) in [7, 11) is 0. The number of hydrogen-bond acceptors (Lipinski definition) is 4. The highest BCUT2D eigenvalue weighted by Crippen LogP contribution is 2.42. The van der Waals surface area contributed by atoms with Crippen molar-refractivity contribution >= 4 is 65.9 Å². The molecular formula is C51H33N3O. The molecule has 0 aliphatic carbocycles. The largest absolute Gasteiger partial charge is 0.456 e. The van der Waals surface area contributed by atoms with E-state index in [2.05, 4.69) is 169 Å². The van der Waals surface area contributed by atoms with Gasteiger partial charge in [-0.25, -0.2) is 9.98 Å². The van der Waals surface area contributed by atoms with E-state index in [0.717, 1.165) is 72.6 Å². The minimum absolute atomic E-state index is 0.464. The maximum atomic E-state index is 6.52. The molecule has 4 nitrogen and oxygen atoms in total. The van der Waals surface area contributed by atoms with Crippen LogP contribution in [-0.2, 0) is 0 Å². The number of fused-ring (bicyclic) bond motifs is 9. The second-order valence-corrected chi connectivity index (χ2v) is 14.2. The topological polar surface area (TPSA) is 49.9 Å². The van der Waals surface area contributed by atoms with Crippen molar-refractivity contribution in [3.8, 4) is 22.3 Å². The average molecular weight is 704 g/mol. The Labute approximate surface area is 317 Å². The van der Waals surface area contributed by atoms with Crippen molar-refractivity contribution in [1.82, 2.24) is 5.32 Å². The van der Waals surface area contributed by atoms with Crippen LogP contribution in [0.1, 0.15) is 22.9 Å². The Bertz CT molecular complexity index is 3140. The molecule has 1 N–H and O–H groups in total. The van der Waals surface area contributed by atoms with E-state index in [1.54, 1.807) is 0 Å². The summed E-state index contributed by atoms with van der Waals surface area (Å²) in [5.41, 5.74) is 9.28. The predicted octanol–water partition coefficient (Wildman–Crippen LogP) is 12.9. The van der Waals surface area contributed by atoms with Gasteiger partial charge in [-0.2, -0.15) is 0 Å². The van der Waals surface area contributed by atoms with E-state index in [9.17, 15) is 0 Å². The second kappa shape index (κ2) is 12.7. The lowest BCUT2D eigenvalue weighted by Gasteiger charge is -2.22. The Balaban J connectivity index is 1.07. The molecule has 0 spiro atoms. The molecule has 0 saturated heterocycles. The minimum atomic E-state index is -0.464. The number of benzene rings is 9. The molecule has 0 amide bonds. The molecule has 2 heterocycles. The van der Waals surface area contributed by atoms with Gasteiger partial charge in [-0.15, -0.1) is 0 Å². The highest BCUT2D eigenvalue weighted by Gasteiger charge is 2.23. The molecule has 0 saturated carbocycles. The van der Waals surface area contributed by atoms with Gasteiger partial charge < -0.3 is 9.73 Å². The molecule has 55 heavy (non-hydrogen) atoms. The van der Waals surface area contributed by atoms with Crippen molar-refractivity contribution < 1.29 is 4.42 Å². The van der Waals surface area contributed by atoms with Crippen LogP contribution in [0.2, 0.25) is 0 Å². The van der Waals surface area contributed by atoms with Crippen LogP contribution in [0.15, 0.2) is 202 Å². The third-order valence-corrected chi connectivity index (χ3v) is 10.9. The molecule has 1 aliphatic heterocycles. The Morgan fingerprint density at radius 3 is 1.67 bits per heavy atom. The van der Waals surface area contributed by atoms with Gasteiger partial charge in [-0.3, -0.25) is 0 Å². The van der Waals surface area contributed by atoms with Crippen molar-refractivity contribution in [3.63, 3.8) is 0 Å². The number of amidine groups is 2. The molecule has 9 aromatic carbocycles. The van der Waals surface area contributed by atoms with Crippen LogP contribution in [0.25, 0.3) is 76.5 Å². The first-order chi connectivity index (χ1) is 27.2. The zero-order valence-electron chi connectivity index (χ0n) is 29.8. The number of hydrogen-bond donors (Lipinski definition) is 1. The van der Waals surface area contributed by atoms with Gasteiger partial charge >= 0.3 is 0 Å². The van der Waals surface area contributed by atoms with Gasteiger partial charge in [-0.05, 0) is 90.5 Å². The molecule has 0 bridgehead atoms. The summed E-state index contributed by atoms with van der Waals surface area (Å²) in [5.74, 6) is 1.57. The zero-order valence-corrected chi connectivity index (χ0v) is 29.8. The lowest BCUT2D eigenvalue weighted by atomic mass is 9.91. The van der Waals surface area contributed by atoms with E-state index in [0.29, 0.717) is 0 Å². The molecule has 1 atom stereocenters. The SMILES string of the molecule is c1ccc(C2=NC(c3ccc4oc5cccc(-c6ccc7c8ccccc8c8ccccc8c7c6)c5c4c3)N=C(c3cccc(-c4ccccc4)c3)N2)cc1. The molecule has 258 valence electrons. The van der Waals surface area contributed by atoms with Crippen molar-refractivity contribution in [2.75, 3.05) is 0 Å². The summed E-state index contributed by atoms with van der Waals surface area (Å²) in [6, 6.07) is 66.4. The fourth-order valence-electron chi connectivity index (χ4n) is 8.29. The summed E-state index contributed by atoms with van der Waals surface area (Å²) in [6.07, 6.45) is -0.464. The van der Waals surface area contributed by atoms with Crippen molar-refractivity contribution in [2.24, 2.45) is 9.98 Å². The van der Waals surface area contributed by atoms with Crippen LogP contribution < -0.4 is 5.32 Å². The molecular weight excluding hydrogens is 671 g/mol. The first kappa shape index (κ1) is 31.2. The third-order valence-electron chi connectivity index (χ3n) is 10.9. The van der Waals surface area contributed by atoms with Crippen molar-refractivity contribution in [1.29, 1.82) is 0 Å². The van der Waals surface area contributed by atoms with E-state index >= 15 is 0 Å². The van der Waals surface area contributed by atoms with Crippen LogP contribution >= 0.6 is 0 Å². The van der Waals surface area contributed by atoms with Gasteiger partial charge in [0, 0.05) is 21.9 Å². The van der Waals surface area contributed by atoms with E-state index in [1.807, 2.05) is 24.3 Å². The molecule has 1 aromatic heterocycles. The van der Waals surface area contributed by atoms with Crippen molar-refractivity contribution in [3.05, 3.63) is 205 Å². The quantitative estimate of drug-likeness (QED) is 0.181. The third kappa shape index (κ3) is 5.30. The molecule has 4 heteroatoms. The van der Waals surface area contributed by atoms with Crippen LogP contribution in [-0.4, -0.2) is 11.7 Å². The molecule has 1 unspecified atom stereocenters. The lowest BCUT2D eigenvalue weighted by Crippen LogP contribution is -2.36. The summed E-state index contributed by atoms with van der Waals surface area (Å²) in [6.45, 7) is 0. The number of aliphatic imine (C=N–C) groups is 2. The molecule has 1 aliphatic rings. The minimum Gasteiger partial charge on any atom is -0.456 e. The molecule has 0 radical (unpaired) electrons. The first-order valence-electron chi connectivity index (χ1n) is 18.7. The number of nitrogens with zero attached hydrogens (tertiary/aromatic N) is 2. The lowest BCUT2D eigenvalue weighted by molar-refractivity contribution is 0.668. The van der Waals surface area contributed by atoms with Gasteiger partial charge in [0.15, 0.2) is 6.17 Å². The Kier molecular flexibility index (Phi) is 7.20. The summed E-state index contributed by atoms with van der Waals surface area (Å²) in [5, 5.41) is 13.3. The van der Waals surface area contributed by atoms with E-state index in [1.165, 1.54) is 32.3 Å². The maximum absolute atomic E-state index is 6.52. The highest BCUT2D eigenvalue weighted by molar-refractivity contribution is 6.26. The fourth-order valence-corrected chi connectivity index (χ4v) is 8.29. The van der Waals surface area contributed by atoms with Crippen molar-refractivity contribution in [2.45, 2.75) is 6.17 Å². The highest BCUT2D eigenvalue weighted by atomic mass is 16.3. The predicted molar refractivity (Wildman–Crippen MR) is 229 cm³/mol. The van der Waals surface area contributed by atoms with Gasteiger partial charge in [0.25, 0.3) is 0 Å². The molecule has 11 rings (SSSR count). The monoisotopic (exact) mass is 703 g/mol. The standard InChI is InChI=1S/C51H33N3O/c1-3-13-32(14-4-1)34-17-11-18-36(29-34)50-52-49(33-15-5-2-6-16-33)53-51(54-50)37-26-28-46-45(31-37)48-38(23-12-24-47(48)55-46)35-25-27-43-41-21-8-7-19-39(41)40-20-9-10-22-42(40)44(43)30-35/h1-31,51H,(H,52,53,54). The van der Waals surface area contributed by atoms with E-state index < -0.39 is 6.17 Å². The van der Waals surface area contributed by atoms with E-state index in [4.69, 9.17) is 14.4 Å². The van der Waals surface area contributed by atoms with E-state index in [-0.39, 0.29) is 0 Å². The second-order valence-electron chi connectivity index (χ2n) is 14.2. The van der Waals surface area contributed by atoms with Crippen LogP contribution in [0.3, 0.4) is 0 Å². The van der Waals surface area contributed by atoms with Crippen LogP contribution in [0.4, 0.5) is 0 Å².